The van der Waals surface area contributed by atoms with E-state index in [0.717, 1.165) is 30.1 Å². The molecule has 0 aliphatic carbocycles. The second-order valence-corrected chi connectivity index (χ2v) is 8.83. The molecule has 10 heteroatoms. The minimum absolute atomic E-state index is 0.178. The molecule has 0 unspecified atom stereocenters. The number of hydrogen-bond donors (Lipinski definition) is 2. The summed E-state index contributed by atoms with van der Waals surface area (Å²) in [4.78, 5) is 18.8. The van der Waals surface area contributed by atoms with E-state index in [4.69, 9.17) is 33.7 Å². The number of thiazole rings is 1. The normalized spacial score (nSPS) is 16.4. The summed E-state index contributed by atoms with van der Waals surface area (Å²) in [5.41, 5.74) is 8.66. The number of halogens is 3. The molecule has 0 saturated carbocycles. The van der Waals surface area contributed by atoms with E-state index in [-0.39, 0.29) is 15.9 Å². The Morgan fingerprint density at radius 2 is 2.17 bits per heavy atom. The highest BCUT2D eigenvalue weighted by molar-refractivity contribution is 7.22. The number of hydrogen-bond acceptors (Lipinski definition) is 7. The van der Waals surface area contributed by atoms with Crippen molar-refractivity contribution in [2.75, 3.05) is 25.4 Å². The topological polar surface area (TPSA) is 80.5 Å². The first kappa shape index (κ1) is 19.6. The van der Waals surface area contributed by atoms with Crippen LogP contribution in [0.4, 0.5) is 9.52 Å². The summed E-state index contributed by atoms with van der Waals surface area (Å²) < 4.78 is 20.2. The van der Waals surface area contributed by atoms with Crippen LogP contribution in [0.2, 0.25) is 10.0 Å². The van der Waals surface area contributed by atoms with Crippen molar-refractivity contribution in [2.24, 2.45) is 0 Å². The number of carbonyl (C=O) groups is 1. The molecule has 3 heterocycles. The molecule has 154 valence electrons. The fourth-order valence-corrected chi connectivity index (χ4v) is 5.30. The molecule has 1 aromatic heterocycles. The van der Waals surface area contributed by atoms with Crippen molar-refractivity contribution in [1.82, 2.24) is 15.2 Å². The Kier molecular flexibility index (Phi) is 4.82. The van der Waals surface area contributed by atoms with E-state index >= 15 is 0 Å². The summed E-state index contributed by atoms with van der Waals surface area (Å²) >= 11 is 14.4. The van der Waals surface area contributed by atoms with Gasteiger partial charge in [-0.05, 0) is 18.2 Å². The largest absolute Gasteiger partial charge is 0.421 e. The van der Waals surface area contributed by atoms with E-state index < -0.39 is 11.8 Å². The quantitative estimate of drug-likeness (QED) is 0.414. The third-order valence-corrected chi connectivity index (χ3v) is 6.70. The Morgan fingerprint density at radius 3 is 3.00 bits per heavy atom. The number of nitrogens with two attached hydrogens (primary N) is 1. The minimum Gasteiger partial charge on any atom is -0.421 e. The number of fused-ring (bicyclic) bond motifs is 3. The summed E-state index contributed by atoms with van der Waals surface area (Å²) in [5, 5.41) is 4.01. The van der Waals surface area contributed by atoms with Crippen LogP contribution in [0.25, 0.3) is 21.3 Å². The molecule has 0 bridgehead atoms. The van der Waals surface area contributed by atoms with Gasteiger partial charge in [-0.1, -0.05) is 34.5 Å². The Labute approximate surface area is 185 Å². The fourth-order valence-electron chi connectivity index (χ4n) is 3.80. The number of esters is 1. The molecule has 1 fully saturated rings. The molecule has 0 amide bonds. The lowest BCUT2D eigenvalue weighted by molar-refractivity contribution is -0.129. The minimum atomic E-state index is -0.517. The van der Waals surface area contributed by atoms with Gasteiger partial charge in [0.1, 0.15) is 5.82 Å². The van der Waals surface area contributed by atoms with Crippen molar-refractivity contribution in [1.29, 1.82) is 0 Å². The maximum absolute atomic E-state index is 14.2. The average molecular weight is 465 g/mol. The Hall–Kier alpha value is -2.39. The van der Waals surface area contributed by atoms with Crippen LogP contribution >= 0.6 is 34.5 Å². The number of nitrogens with one attached hydrogen (secondary N) is 1. The number of anilines is 1. The van der Waals surface area contributed by atoms with Crippen LogP contribution in [0.15, 0.2) is 30.0 Å². The van der Waals surface area contributed by atoms with E-state index in [1.54, 1.807) is 12.1 Å². The number of aromatic nitrogens is 1. The molecule has 3 N–H and O–H groups in total. The number of rotatable bonds is 1. The van der Waals surface area contributed by atoms with Crippen LogP contribution in [-0.4, -0.2) is 35.5 Å². The molecule has 2 aliphatic heterocycles. The lowest BCUT2D eigenvalue weighted by Crippen LogP contribution is -2.42. The van der Waals surface area contributed by atoms with Gasteiger partial charge in [0.25, 0.3) is 0 Å². The van der Waals surface area contributed by atoms with Gasteiger partial charge in [0.15, 0.2) is 10.9 Å². The molecule has 2 aliphatic rings. The Morgan fingerprint density at radius 1 is 1.33 bits per heavy atom. The van der Waals surface area contributed by atoms with E-state index in [1.165, 1.54) is 12.1 Å². The van der Waals surface area contributed by atoms with Gasteiger partial charge in [-0.15, -0.1) is 0 Å². The van der Waals surface area contributed by atoms with Crippen LogP contribution in [0.5, 0.6) is 5.75 Å². The summed E-state index contributed by atoms with van der Waals surface area (Å²) in [5.74, 6) is -0.697. The first-order valence-electron chi connectivity index (χ1n) is 9.16. The number of carbonyl (C=O) groups excluding carboxylic acids is 1. The number of ether oxygens (including phenoxy) is 1. The molecule has 30 heavy (non-hydrogen) atoms. The van der Waals surface area contributed by atoms with Gasteiger partial charge in [-0.25, -0.2) is 14.2 Å². The molecule has 2 aromatic carbocycles. The first-order valence-corrected chi connectivity index (χ1v) is 10.7. The van der Waals surface area contributed by atoms with Gasteiger partial charge in [-0.2, -0.15) is 0 Å². The van der Waals surface area contributed by atoms with Crippen molar-refractivity contribution in [2.45, 2.75) is 6.54 Å². The monoisotopic (exact) mass is 464 g/mol. The van der Waals surface area contributed by atoms with Gasteiger partial charge < -0.3 is 20.7 Å². The number of nitrogens with zero attached hydrogens (tertiary/aromatic N) is 2. The molecular formula is C20H15Cl2FN4O2S. The third kappa shape index (κ3) is 3.20. The van der Waals surface area contributed by atoms with E-state index in [1.807, 2.05) is 0 Å². The standard InChI is InChI=1S/C20H15Cl2FN4O2S/c21-12-5-9-8-27-4-3-25-7-10(27)6-14(28)29-18(9)16(22)15(12)11-1-2-13(23)19-17(11)26-20(24)30-19/h1-2,5-6,25H,3-4,7-8H2,(H2,24,26). The van der Waals surface area contributed by atoms with Crippen molar-refractivity contribution < 1.29 is 13.9 Å². The number of nitrogen functional groups attached to an aromatic ring is 1. The highest BCUT2D eigenvalue weighted by atomic mass is 35.5. The van der Waals surface area contributed by atoms with Crippen molar-refractivity contribution in [3.8, 4) is 16.9 Å². The molecule has 5 rings (SSSR count). The molecule has 1 saturated heterocycles. The molecule has 0 atom stereocenters. The van der Waals surface area contributed by atoms with E-state index in [9.17, 15) is 9.18 Å². The van der Waals surface area contributed by atoms with Gasteiger partial charge in [0.05, 0.1) is 20.3 Å². The molecule has 0 radical (unpaired) electrons. The number of piperazine rings is 1. The lowest BCUT2D eigenvalue weighted by Gasteiger charge is -2.34. The van der Waals surface area contributed by atoms with Gasteiger partial charge in [0.2, 0.25) is 0 Å². The second kappa shape index (κ2) is 7.39. The predicted octanol–water partition coefficient (Wildman–Crippen LogP) is 4.20. The van der Waals surface area contributed by atoms with Crippen LogP contribution < -0.4 is 15.8 Å². The Balaban J connectivity index is 1.70. The molecule has 0 spiro atoms. The maximum atomic E-state index is 14.2. The maximum Gasteiger partial charge on any atom is 0.338 e. The summed E-state index contributed by atoms with van der Waals surface area (Å²) in [6, 6.07) is 4.61. The molecular weight excluding hydrogens is 450 g/mol. The van der Waals surface area contributed by atoms with Crippen LogP contribution in [0, 0.1) is 5.82 Å². The zero-order valence-corrected chi connectivity index (χ0v) is 17.8. The average Bonchev–Trinajstić information content (AvgIpc) is 3.09. The fraction of sp³-hybridized carbons (Fsp3) is 0.200. The van der Waals surface area contributed by atoms with Gasteiger partial charge in [0, 0.05) is 54.6 Å². The summed E-state index contributed by atoms with van der Waals surface area (Å²) in [6.07, 6.45) is 1.47. The van der Waals surface area contributed by atoms with Crippen LogP contribution in [-0.2, 0) is 11.3 Å². The van der Waals surface area contributed by atoms with E-state index in [2.05, 4.69) is 15.2 Å². The van der Waals surface area contributed by atoms with Crippen molar-refractivity contribution >= 4 is 55.9 Å². The zero-order chi connectivity index (χ0) is 21.0. The third-order valence-electron chi connectivity index (χ3n) is 5.15. The number of benzene rings is 2. The van der Waals surface area contributed by atoms with Gasteiger partial charge >= 0.3 is 5.97 Å². The van der Waals surface area contributed by atoms with Crippen molar-refractivity contribution in [3.63, 3.8) is 0 Å². The predicted molar refractivity (Wildman–Crippen MR) is 116 cm³/mol. The highest BCUT2D eigenvalue weighted by Crippen LogP contribution is 2.47. The lowest BCUT2D eigenvalue weighted by atomic mass is 10.0. The first-order chi connectivity index (χ1) is 14.4. The summed E-state index contributed by atoms with van der Waals surface area (Å²) in [6.45, 7) is 2.63. The van der Waals surface area contributed by atoms with Gasteiger partial charge in [-0.3, -0.25) is 0 Å². The highest BCUT2D eigenvalue weighted by Gasteiger charge is 2.27. The van der Waals surface area contributed by atoms with Crippen LogP contribution in [0.1, 0.15) is 5.56 Å². The zero-order valence-electron chi connectivity index (χ0n) is 15.5. The van der Waals surface area contributed by atoms with Crippen LogP contribution in [0.3, 0.4) is 0 Å². The molecule has 3 aromatic rings. The SMILES string of the molecule is Nc1nc2c(-c3c(Cl)cc4c(c3Cl)OC(=O)C=C3CNCCN3C4)ccc(F)c2s1. The molecule has 6 nitrogen and oxygen atoms in total. The van der Waals surface area contributed by atoms with Crippen molar-refractivity contribution in [3.05, 3.63) is 51.4 Å². The van der Waals surface area contributed by atoms with E-state index in [0.29, 0.717) is 45.0 Å². The second-order valence-electron chi connectivity index (χ2n) is 7.02. The smallest absolute Gasteiger partial charge is 0.338 e. The Bertz CT molecular complexity index is 1240. The summed E-state index contributed by atoms with van der Waals surface area (Å²) in [7, 11) is 0.